The molecule has 0 radical (unpaired) electrons. The van der Waals surface area contributed by atoms with Crippen molar-refractivity contribution in [2.75, 3.05) is 0 Å². The Labute approximate surface area is 71.4 Å². The van der Waals surface area contributed by atoms with Gasteiger partial charge in [0.2, 0.25) is 0 Å². The molecular formula is C10H23N. The van der Waals surface area contributed by atoms with Crippen LogP contribution in [0.15, 0.2) is 0 Å². The molecule has 1 atom stereocenters. The van der Waals surface area contributed by atoms with E-state index in [1.165, 1.54) is 38.5 Å². The van der Waals surface area contributed by atoms with Crippen LogP contribution < -0.4 is 5.73 Å². The minimum absolute atomic E-state index is 0.455. The first-order chi connectivity index (χ1) is 5.31. The van der Waals surface area contributed by atoms with Crippen molar-refractivity contribution in [3.63, 3.8) is 0 Å². The topological polar surface area (TPSA) is 26.0 Å². The number of hydrogen-bond donors (Lipinski definition) is 1. The van der Waals surface area contributed by atoms with Crippen molar-refractivity contribution in [3.8, 4) is 0 Å². The Bertz CT molecular complexity index is 71.3. The fraction of sp³-hybridized carbons (Fsp3) is 1.00. The zero-order chi connectivity index (χ0) is 8.53. The molecule has 0 saturated heterocycles. The summed E-state index contributed by atoms with van der Waals surface area (Å²) in [6.45, 7) is 4.41. The van der Waals surface area contributed by atoms with E-state index >= 15 is 0 Å². The molecule has 0 unspecified atom stereocenters. The summed E-state index contributed by atoms with van der Waals surface area (Å²) in [6.07, 6.45) is 9.18. The minimum Gasteiger partial charge on any atom is -0.328 e. The number of hydrogen-bond acceptors (Lipinski definition) is 1. The first kappa shape index (κ1) is 11.0. The van der Waals surface area contributed by atoms with Crippen LogP contribution in [-0.2, 0) is 0 Å². The summed E-state index contributed by atoms with van der Waals surface area (Å²) in [4.78, 5) is 0. The molecule has 1 heteroatoms. The molecule has 0 saturated carbocycles. The van der Waals surface area contributed by atoms with Crippen molar-refractivity contribution in [2.24, 2.45) is 5.73 Å². The Morgan fingerprint density at radius 1 is 1.00 bits per heavy atom. The molecular weight excluding hydrogens is 134 g/mol. The third-order valence-electron chi connectivity index (χ3n) is 2.20. The van der Waals surface area contributed by atoms with Gasteiger partial charge in [-0.15, -0.1) is 0 Å². The molecule has 11 heavy (non-hydrogen) atoms. The lowest BCUT2D eigenvalue weighted by atomic mass is 10.1. The fourth-order valence-corrected chi connectivity index (χ4v) is 1.21. The fourth-order valence-electron chi connectivity index (χ4n) is 1.21. The van der Waals surface area contributed by atoms with E-state index in [-0.39, 0.29) is 0 Å². The molecule has 0 aromatic carbocycles. The number of unbranched alkanes of at least 4 members (excludes halogenated alkanes) is 4. The molecule has 2 N–H and O–H groups in total. The van der Waals surface area contributed by atoms with Gasteiger partial charge in [-0.3, -0.25) is 0 Å². The summed E-state index contributed by atoms with van der Waals surface area (Å²) in [5, 5.41) is 0. The van der Waals surface area contributed by atoms with Crippen LogP contribution in [0.5, 0.6) is 0 Å². The third-order valence-corrected chi connectivity index (χ3v) is 2.20. The average molecular weight is 157 g/mol. The molecule has 0 fully saturated rings. The van der Waals surface area contributed by atoms with E-state index in [4.69, 9.17) is 5.73 Å². The van der Waals surface area contributed by atoms with Crippen molar-refractivity contribution in [1.82, 2.24) is 0 Å². The van der Waals surface area contributed by atoms with Crippen LogP contribution >= 0.6 is 0 Å². The number of rotatable bonds is 7. The van der Waals surface area contributed by atoms with Gasteiger partial charge < -0.3 is 5.73 Å². The third kappa shape index (κ3) is 7.86. The molecule has 0 spiro atoms. The van der Waals surface area contributed by atoms with Gasteiger partial charge in [0.05, 0.1) is 0 Å². The van der Waals surface area contributed by atoms with Gasteiger partial charge in [0, 0.05) is 6.04 Å². The Morgan fingerprint density at radius 3 is 2.18 bits per heavy atom. The highest BCUT2D eigenvalue weighted by Crippen LogP contribution is 2.07. The lowest BCUT2D eigenvalue weighted by Crippen LogP contribution is -2.17. The predicted octanol–water partition coefficient (Wildman–Crippen LogP) is 3.08. The van der Waals surface area contributed by atoms with Gasteiger partial charge in [0.25, 0.3) is 0 Å². The molecule has 1 nitrogen and oxygen atoms in total. The zero-order valence-corrected chi connectivity index (χ0v) is 8.10. The lowest BCUT2D eigenvalue weighted by molar-refractivity contribution is 0.531. The monoisotopic (exact) mass is 157 g/mol. The molecule has 0 bridgehead atoms. The molecule has 0 amide bonds. The number of nitrogens with two attached hydrogens (primary N) is 1. The van der Waals surface area contributed by atoms with Gasteiger partial charge in [0.1, 0.15) is 0 Å². The molecule has 0 rings (SSSR count). The average Bonchev–Trinajstić information content (AvgIpc) is 2.04. The molecule has 0 aliphatic rings. The van der Waals surface area contributed by atoms with Gasteiger partial charge in [-0.05, 0) is 12.8 Å². The first-order valence-electron chi connectivity index (χ1n) is 5.06. The van der Waals surface area contributed by atoms with Crippen molar-refractivity contribution in [3.05, 3.63) is 0 Å². The normalized spacial score (nSPS) is 13.4. The summed E-state index contributed by atoms with van der Waals surface area (Å²) in [6, 6.07) is 0.455. The van der Waals surface area contributed by atoms with Crippen molar-refractivity contribution in [1.29, 1.82) is 0 Å². The van der Waals surface area contributed by atoms with Crippen LogP contribution in [-0.4, -0.2) is 6.04 Å². The minimum atomic E-state index is 0.455. The van der Waals surface area contributed by atoms with E-state index in [0.717, 1.165) is 6.42 Å². The van der Waals surface area contributed by atoms with Gasteiger partial charge in [-0.1, -0.05) is 46.0 Å². The second kappa shape index (κ2) is 8.06. The van der Waals surface area contributed by atoms with Crippen LogP contribution in [0, 0.1) is 0 Å². The van der Waals surface area contributed by atoms with Crippen LogP contribution in [0.25, 0.3) is 0 Å². The largest absolute Gasteiger partial charge is 0.328 e. The molecule has 0 aliphatic carbocycles. The molecule has 0 aromatic rings. The quantitative estimate of drug-likeness (QED) is 0.565. The van der Waals surface area contributed by atoms with Crippen LogP contribution in [0.3, 0.4) is 0 Å². The van der Waals surface area contributed by atoms with Crippen LogP contribution in [0.4, 0.5) is 0 Å². The zero-order valence-electron chi connectivity index (χ0n) is 8.10. The van der Waals surface area contributed by atoms with Gasteiger partial charge in [-0.2, -0.15) is 0 Å². The first-order valence-corrected chi connectivity index (χ1v) is 5.06. The van der Waals surface area contributed by atoms with Gasteiger partial charge >= 0.3 is 0 Å². The summed E-state index contributed by atoms with van der Waals surface area (Å²) >= 11 is 0. The second-order valence-electron chi connectivity index (χ2n) is 3.37. The van der Waals surface area contributed by atoms with E-state index in [0.29, 0.717) is 6.04 Å². The van der Waals surface area contributed by atoms with E-state index in [1.54, 1.807) is 0 Å². The highest BCUT2D eigenvalue weighted by atomic mass is 14.6. The summed E-state index contributed by atoms with van der Waals surface area (Å²) in [7, 11) is 0. The SMILES string of the molecule is CCCCCCC[C@H](N)CC. The van der Waals surface area contributed by atoms with E-state index in [9.17, 15) is 0 Å². The van der Waals surface area contributed by atoms with Crippen molar-refractivity contribution >= 4 is 0 Å². The summed E-state index contributed by atoms with van der Waals surface area (Å²) in [5.41, 5.74) is 5.79. The smallest absolute Gasteiger partial charge is 0.00362 e. The standard InChI is InChI=1S/C10H23N/c1-3-5-6-7-8-9-10(11)4-2/h10H,3-9,11H2,1-2H3/t10-/m1/s1. The van der Waals surface area contributed by atoms with E-state index < -0.39 is 0 Å². The molecule has 0 aromatic heterocycles. The molecule has 68 valence electrons. The van der Waals surface area contributed by atoms with Crippen molar-refractivity contribution in [2.45, 2.75) is 64.8 Å². The maximum Gasteiger partial charge on any atom is 0.00362 e. The maximum absolute atomic E-state index is 5.79. The Hall–Kier alpha value is -0.0400. The Morgan fingerprint density at radius 2 is 1.64 bits per heavy atom. The highest BCUT2D eigenvalue weighted by Gasteiger charge is 1.97. The summed E-state index contributed by atoms with van der Waals surface area (Å²) in [5.74, 6) is 0. The van der Waals surface area contributed by atoms with Gasteiger partial charge in [-0.25, -0.2) is 0 Å². The summed E-state index contributed by atoms with van der Waals surface area (Å²) < 4.78 is 0. The van der Waals surface area contributed by atoms with E-state index in [2.05, 4.69) is 13.8 Å². The lowest BCUT2D eigenvalue weighted by Gasteiger charge is -2.06. The Kier molecular flexibility index (Phi) is 8.03. The Balaban J connectivity index is 2.89. The molecule has 0 aliphatic heterocycles. The second-order valence-corrected chi connectivity index (χ2v) is 3.37. The van der Waals surface area contributed by atoms with Crippen LogP contribution in [0.2, 0.25) is 0 Å². The van der Waals surface area contributed by atoms with Crippen LogP contribution in [0.1, 0.15) is 58.8 Å². The predicted molar refractivity (Wildman–Crippen MR) is 51.6 cm³/mol. The van der Waals surface area contributed by atoms with Crippen molar-refractivity contribution < 1.29 is 0 Å². The maximum atomic E-state index is 5.79. The molecule has 0 heterocycles. The van der Waals surface area contributed by atoms with E-state index in [1.807, 2.05) is 0 Å². The highest BCUT2D eigenvalue weighted by molar-refractivity contribution is 4.57. The van der Waals surface area contributed by atoms with Gasteiger partial charge in [0.15, 0.2) is 0 Å².